The Morgan fingerprint density at radius 2 is 1.91 bits per heavy atom. The summed E-state index contributed by atoms with van der Waals surface area (Å²) < 4.78 is 11.1. The van der Waals surface area contributed by atoms with Crippen LogP contribution in [-0.4, -0.2) is 80.9 Å². The normalized spacial score (nSPS) is 17.6. The molecule has 2 saturated heterocycles. The summed E-state index contributed by atoms with van der Waals surface area (Å²) in [6, 6.07) is 7.97. The van der Waals surface area contributed by atoms with E-state index in [0.717, 1.165) is 95.3 Å². The SMILES string of the molecule is CCNC(=NCc1cccc(NC(=O)N2CCCC2)c1)N1CCC(OCCCOC)CC1. The lowest BCUT2D eigenvalue weighted by molar-refractivity contribution is 0.00990. The number of anilines is 1. The second-order valence-corrected chi connectivity index (χ2v) is 8.40. The number of hydrogen-bond acceptors (Lipinski definition) is 4. The van der Waals surface area contributed by atoms with Gasteiger partial charge >= 0.3 is 6.03 Å². The largest absolute Gasteiger partial charge is 0.385 e. The first-order chi connectivity index (χ1) is 15.7. The van der Waals surface area contributed by atoms with Crippen LogP contribution in [0, 0.1) is 0 Å². The summed E-state index contributed by atoms with van der Waals surface area (Å²) in [5.41, 5.74) is 1.90. The van der Waals surface area contributed by atoms with Crippen LogP contribution in [0.3, 0.4) is 0 Å². The third-order valence-corrected chi connectivity index (χ3v) is 5.91. The number of rotatable bonds is 9. The topological polar surface area (TPSA) is 78.4 Å². The maximum absolute atomic E-state index is 12.4. The lowest BCUT2D eigenvalue weighted by atomic mass is 10.1. The molecule has 1 aromatic rings. The number of aliphatic imine (C=N–C) groups is 1. The number of guanidine groups is 1. The van der Waals surface area contributed by atoms with Crippen LogP contribution in [0.4, 0.5) is 10.5 Å². The Morgan fingerprint density at radius 3 is 2.62 bits per heavy atom. The fourth-order valence-corrected chi connectivity index (χ4v) is 4.15. The second kappa shape index (κ2) is 13.3. The van der Waals surface area contributed by atoms with Crippen LogP contribution in [0.5, 0.6) is 0 Å². The Labute approximate surface area is 192 Å². The molecule has 32 heavy (non-hydrogen) atoms. The standard InChI is InChI=1S/C24H39N5O3/c1-3-25-23(28-14-10-22(11-15-28)32-17-7-16-31-2)26-19-20-8-6-9-21(18-20)27-24(30)29-12-4-5-13-29/h6,8-9,18,22H,3-5,7,10-17,19H2,1-2H3,(H,25,26)(H,27,30). The molecule has 0 unspecified atom stereocenters. The molecule has 2 heterocycles. The van der Waals surface area contributed by atoms with Gasteiger partial charge in [-0.25, -0.2) is 9.79 Å². The number of likely N-dealkylation sites (tertiary alicyclic amines) is 2. The predicted octanol–water partition coefficient (Wildman–Crippen LogP) is 3.30. The van der Waals surface area contributed by atoms with E-state index in [9.17, 15) is 4.79 Å². The van der Waals surface area contributed by atoms with Gasteiger partial charge in [0.2, 0.25) is 0 Å². The van der Waals surface area contributed by atoms with Gasteiger partial charge in [-0.05, 0) is 56.7 Å². The van der Waals surface area contributed by atoms with Crippen LogP contribution < -0.4 is 10.6 Å². The Hall–Kier alpha value is -2.32. The van der Waals surface area contributed by atoms with E-state index < -0.39 is 0 Å². The molecule has 1 aromatic carbocycles. The number of benzene rings is 1. The molecule has 0 aliphatic carbocycles. The summed E-state index contributed by atoms with van der Waals surface area (Å²) in [6.45, 7) is 8.57. The van der Waals surface area contributed by atoms with Crippen molar-refractivity contribution >= 4 is 17.7 Å². The number of amides is 2. The summed E-state index contributed by atoms with van der Waals surface area (Å²) in [6.07, 6.45) is 5.46. The highest BCUT2D eigenvalue weighted by molar-refractivity contribution is 5.89. The van der Waals surface area contributed by atoms with Gasteiger partial charge in [-0.15, -0.1) is 0 Å². The fourth-order valence-electron chi connectivity index (χ4n) is 4.15. The van der Waals surface area contributed by atoms with Crippen molar-refractivity contribution in [1.82, 2.24) is 15.1 Å². The van der Waals surface area contributed by atoms with E-state index in [1.165, 1.54) is 0 Å². The lowest BCUT2D eigenvalue weighted by Crippen LogP contribution is -2.47. The average Bonchev–Trinajstić information content (AvgIpc) is 3.36. The number of hydrogen-bond donors (Lipinski definition) is 2. The minimum atomic E-state index is -0.0104. The molecule has 178 valence electrons. The van der Waals surface area contributed by atoms with E-state index in [-0.39, 0.29) is 6.03 Å². The number of methoxy groups -OCH3 is 1. The molecule has 0 atom stereocenters. The van der Waals surface area contributed by atoms with Gasteiger partial charge < -0.3 is 29.9 Å². The number of piperidine rings is 1. The quantitative estimate of drug-likeness (QED) is 0.346. The monoisotopic (exact) mass is 445 g/mol. The molecule has 2 N–H and O–H groups in total. The second-order valence-electron chi connectivity index (χ2n) is 8.40. The van der Waals surface area contributed by atoms with Gasteiger partial charge in [0.25, 0.3) is 0 Å². The predicted molar refractivity (Wildman–Crippen MR) is 128 cm³/mol. The summed E-state index contributed by atoms with van der Waals surface area (Å²) >= 11 is 0. The molecule has 8 heteroatoms. The van der Waals surface area contributed by atoms with Crippen molar-refractivity contribution < 1.29 is 14.3 Å². The fraction of sp³-hybridized carbons (Fsp3) is 0.667. The van der Waals surface area contributed by atoms with Crippen LogP contribution >= 0.6 is 0 Å². The molecule has 0 bridgehead atoms. The van der Waals surface area contributed by atoms with Crippen LogP contribution in [0.1, 0.15) is 44.6 Å². The van der Waals surface area contributed by atoms with Gasteiger partial charge in [-0.3, -0.25) is 0 Å². The molecule has 0 aromatic heterocycles. The van der Waals surface area contributed by atoms with Gasteiger partial charge in [-0.1, -0.05) is 12.1 Å². The molecule has 0 radical (unpaired) electrons. The number of nitrogens with one attached hydrogen (secondary N) is 2. The number of urea groups is 1. The minimum absolute atomic E-state index is 0.0104. The van der Waals surface area contributed by atoms with E-state index in [1.807, 2.05) is 23.1 Å². The van der Waals surface area contributed by atoms with Gasteiger partial charge in [0.05, 0.1) is 12.6 Å². The van der Waals surface area contributed by atoms with Crippen molar-refractivity contribution in [3.8, 4) is 0 Å². The maximum atomic E-state index is 12.4. The smallest absolute Gasteiger partial charge is 0.321 e. The Morgan fingerprint density at radius 1 is 1.12 bits per heavy atom. The minimum Gasteiger partial charge on any atom is -0.385 e. The molecular formula is C24H39N5O3. The van der Waals surface area contributed by atoms with Crippen LogP contribution in [0.15, 0.2) is 29.3 Å². The maximum Gasteiger partial charge on any atom is 0.321 e. The number of ether oxygens (including phenoxy) is 2. The van der Waals surface area contributed by atoms with Gasteiger partial charge in [0.15, 0.2) is 5.96 Å². The van der Waals surface area contributed by atoms with E-state index in [2.05, 4.69) is 28.5 Å². The molecule has 0 saturated carbocycles. The molecule has 2 aliphatic heterocycles. The Kier molecular flexibility index (Phi) is 10.1. The summed E-state index contributed by atoms with van der Waals surface area (Å²) in [5.74, 6) is 0.942. The molecule has 2 aliphatic rings. The highest BCUT2D eigenvalue weighted by atomic mass is 16.5. The molecular weight excluding hydrogens is 406 g/mol. The van der Waals surface area contributed by atoms with Crippen molar-refractivity contribution in [3.05, 3.63) is 29.8 Å². The van der Waals surface area contributed by atoms with E-state index >= 15 is 0 Å². The van der Waals surface area contributed by atoms with Crippen molar-refractivity contribution in [3.63, 3.8) is 0 Å². The number of carbonyl (C=O) groups is 1. The average molecular weight is 446 g/mol. The first-order valence-corrected chi connectivity index (χ1v) is 12.0. The van der Waals surface area contributed by atoms with Crippen LogP contribution in [-0.2, 0) is 16.0 Å². The third-order valence-electron chi connectivity index (χ3n) is 5.91. The first-order valence-electron chi connectivity index (χ1n) is 12.0. The summed E-state index contributed by atoms with van der Waals surface area (Å²) in [4.78, 5) is 21.4. The van der Waals surface area contributed by atoms with Gasteiger partial charge in [0.1, 0.15) is 0 Å². The third kappa shape index (κ3) is 7.67. The van der Waals surface area contributed by atoms with E-state index in [4.69, 9.17) is 14.5 Å². The molecule has 2 fully saturated rings. The van der Waals surface area contributed by atoms with Gasteiger partial charge in [0, 0.05) is 58.7 Å². The molecule has 3 rings (SSSR count). The van der Waals surface area contributed by atoms with Crippen LogP contribution in [0.25, 0.3) is 0 Å². The highest BCUT2D eigenvalue weighted by Crippen LogP contribution is 2.17. The zero-order chi connectivity index (χ0) is 22.6. The first kappa shape index (κ1) is 24.3. The molecule has 0 spiro atoms. The summed E-state index contributed by atoms with van der Waals surface area (Å²) in [5, 5.41) is 6.44. The zero-order valence-corrected chi connectivity index (χ0v) is 19.6. The molecule has 8 nitrogen and oxygen atoms in total. The lowest BCUT2D eigenvalue weighted by Gasteiger charge is -2.34. The highest BCUT2D eigenvalue weighted by Gasteiger charge is 2.22. The van der Waals surface area contributed by atoms with Crippen molar-refractivity contribution in [1.29, 1.82) is 0 Å². The Bertz CT molecular complexity index is 728. The van der Waals surface area contributed by atoms with Crippen LogP contribution in [0.2, 0.25) is 0 Å². The van der Waals surface area contributed by atoms with Gasteiger partial charge in [-0.2, -0.15) is 0 Å². The van der Waals surface area contributed by atoms with Crippen molar-refractivity contribution in [2.45, 2.75) is 51.7 Å². The number of carbonyl (C=O) groups excluding carboxylic acids is 1. The van der Waals surface area contributed by atoms with Crippen molar-refractivity contribution in [2.75, 3.05) is 58.4 Å². The van der Waals surface area contributed by atoms with E-state index in [1.54, 1.807) is 7.11 Å². The summed E-state index contributed by atoms with van der Waals surface area (Å²) in [7, 11) is 1.72. The Balaban J connectivity index is 1.51. The van der Waals surface area contributed by atoms with E-state index in [0.29, 0.717) is 12.6 Å². The van der Waals surface area contributed by atoms with Crippen molar-refractivity contribution in [2.24, 2.45) is 4.99 Å². The zero-order valence-electron chi connectivity index (χ0n) is 19.6. The number of nitrogens with zero attached hydrogens (tertiary/aromatic N) is 3. The molecule has 2 amide bonds.